The van der Waals surface area contributed by atoms with Crippen LogP contribution in [0, 0.1) is 18.3 Å². The number of anilines is 1. The van der Waals surface area contributed by atoms with Crippen molar-refractivity contribution >= 4 is 29.2 Å². The largest absolute Gasteiger partial charge is 0.384 e. The Morgan fingerprint density at radius 1 is 1.37 bits per heavy atom. The summed E-state index contributed by atoms with van der Waals surface area (Å²) in [6, 6.07) is 9.01. The minimum atomic E-state index is 0.459. The molecule has 4 nitrogen and oxygen atoms in total. The van der Waals surface area contributed by atoms with E-state index >= 15 is 0 Å². The van der Waals surface area contributed by atoms with Crippen molar-refractivity contribution in [1.29, 1.82) is 5.26 Å². The maximum Gasteiger partial charge on any atom is 0.190 e. The summed E-state index contributed by atoms with van der Waals surface area (Å²) in [6.45, 7) is 1.87. The first-order valence-electron chi connectivity index (χ1n) is 5.51. The summed E-state index contributed by atoms with van der Waals surface area (Å²) in [5.41, 5.74) is 7.99. The van der Waals surface area contributed by atoms with Crippen LogP contribution in [0.15, 0.2) is 29.4 Å². The monoisotopic (exact) mass is 290 g/mol. The van der Waals surface area contributed by atoms with E-state index in [4.69, 9.17) is 22.6 Å². The Morgan fingerprint density at radius 3 is 2.79 bits per heavy atom. The summed E-state index contributed by atoms with van der Waals surface area (Å²) in [4.78, 5) is 8.44. The lowest BCUT2D eigenvalue weighted by Gasteiger charge is -2.05. The van der Waals surface area contributed by atoms with Crippen LogP contribution in [0.2, 0.25) is 5.02 Å². The van der Waals surface area contributed by atoms with Crippen LogP contribution in [0.1, 0.15) is 16.8 Å². The Balaban J connectivity index is 2.12. The number of nitriles is 1. The Bertz CT molecular complexity index is 631. The van der Waals surface area contributed by atoms with Gasteiger partial charge in [0.25, 0.3) is 0 Å². The van der Waals surface area contributed by atoms with Crippen molar-refractivity contribution in [2.45, 2.75) is 17.8 Å². The van der Waals surface area contributed by atoms with E-state index in [-0.39, 0.29) is 0 Å². The van der Waals surface area contributed by atoms with Gasteiger partial charge in [-0.1, -0.05) is 29.4 Å². The average molecular weight is 291 g/mol. The number of benzene rings is 1. The molecule has 2 aromatic rings. The van der Waals surface area contributed by atoms with E-state index in [1.807, 2.05) is 13.0 Å². The van der Waals surface area contributed by atoms with Crippen molar-refractivity contribution in [2.24, 2.45) is 0 Å². The smallest absolute Gasteiger partial charge is 0.190 e. The van der Waals surface area contributed by atoms with E-state index in [0.717, 1.165) is 11.3 Å². The first-order valence-corrected chi connectivity index (χ1v) is 6.87. The molecule has 0 aliphatic heterocycles. The summed E-state index contributed by atoms with van der Waals surface area (Å²) in [6.07, 6.45) is 0. The van der Waals surface area contributed by atoms with Crippen molar-refractivity contribution < 1.29 is 0 Å². The number of rotatable bonds is 3. The molecule has 0 unspecified atom stereocenters. The van der Waals surface area contributed by atoms with E-state index < -0.39 is 0 Å². The van der Waals surface area contributed by atoms with Gasteiger partial charge in [0.15, 0.2) is 5.16 Å². The number of nitrogen functional groups attached to an aromatic ring is 1. The zero-order valence-corrected chi connectivity index (χ0v) is 11.8. The number of nitrogens with zero attached hydrogens (tertiary/aromatic N) is 3. The molecule has 0 amide bonds. The van der Waals surface area contributed by atoms with Crippen LogP contribution < -0.4 is 5.73 Å². The SMILES string of the molecule is Cc1cc(N)nc(SCc2ccc(C#N)cc2Cl)n1. The van der Waals surface area contributed by atoms with E-state index in [1.165, 1.54) is 11.8 Å². The molecule has 0 saturated heterocycles. The van der Waals surface area contributed by atoms with Crippen molar-refractivity contribution in [3.05, 3.63) is 46.1 Å². The third-order valence-corrected chi connectivity index (χ3v) is 3.64. The minimum absolute atomic E-state index is 0.459. The number of halogens is 1. The summed E-state index contributed by atoms with van der Waals surface area (Å²) < 4.78 is 0. The predicted octanol–water partition coefficient (Wildman–Crippen LogP) is 3.18. The highest BCUT2D eigenvalue weighted by atomic mass is 35.5. The molecule has 0 fully saturated rings. The van der Waals surface area contributed by atoms with E-state index in [9.17, 15) is 0 Å². The fraction of sp³-hybridized carbons (Fsp3) is 0.154. The van der Waals surface area contributed by atoms with Gasteiger partial charge in [0, 0.05) is 22.5 Å². The number of aryl methyl sites for hydroxylation is 1. The average Bonchev–Trinajstić information content (AvgIpc) is 2.36. The zero-order valence-electron chi connectivity index (χ0n) is 10.2. The van der Waals surface area contributed by atoms with Crippen LogP contribution in [0.25, 0.3) is 0 Å². The third-order valence-electron chi connectivity index (χ3n) is 2.39. The van der Waals surface area contributed by atoms with E-state index in [2.05, 4.69) is 16.0 Å². The van der Waals surface area contributed by atoms with Crippen molar-refractivity contribution in [3.8, 4) is 6.07 Å². The minimum Gasteiger partial charge on any atom is -0.384 e. The fourth-order valence-corrected chi connectivity index (χ4v) is 2.75. The van der Waals surface area contributed by atoms with Crippen LogP contribution >= 0.6 is 23.4 Å². The van der Waals surface area contributed by atoms with Crippen LogP contribution in [0.3, 0.4) is 0 Å². The van der Waals surface area contributed by atoms with Gasteiger partial charge in [-0.15, -0.1) is 0 Å². The Morgan fingerprint density at radius 2 is 2.16 bits per heavy atom. The molecule has 0 atom stereocenters. The van der Waals surface area contributed by atoms with Gasteiger partial charge in [-0.3, -0.25) is 0 Å². The second kappa shape index (κ2) is 5.91. The van der Waals surface area contributed by atoms with Gasteiger partial charge >= 0.3 is 0 Å². The van der Waals surface area contributed by atoms with Crippen LogP contribution in [-0.4, -0.2) is 9.97 Å². The van der Waals surface area contributed by atoms with Crippen molar-refractivity contribution in [3.63, 3.8) is 0 Å². The summed E-state index contributed by atoms with van der Waals surface area (Å²) >= 11 is 7.57. The summed E-state index contributed by atoms with van der Waals surface area (Å²) in [5.74, 6) is 1.09. The van der Waals surface area contributed by atoms with Crippen LogP contribution in [-0.2, 0) is 5.75 Å². The van der Waals surface area contributed by atoms with Crippen molar-refractivity contribution in [1.82, 2.24) is 9.97 Å². The predicted molar refractivity (Wildman–Crippen MR) is 76.9 cm³/mol. The molecule has 0 spiro atoms. The number of thioether (sulfide) groups is 1. The highest BCUT2D eigenvalue weighted by Crippen LogP contribution is 2.26. The topological polar surface area (TPSA) is 75.6 Å². The van der Waals surface area contributed by atoms with Gasteiger partial charge in [0.2, 0.25) is 0 Å². The molecule has 1 heterocycles. The molecule has 0 bridgehead atoms. The molecule has 0 aliphatic rings. The highest BCUT2D eigenvalue weighted by Gasteiger charge is 2.05. The molecule has 6 heteroatoms. The number of aromatic nitrogens is 2. The van der Waals surface area contributed by atoms with Crippen molar-refractivity contribution in [2.75, 3.05) is 5.73 Å². The molecule has 2 N–H and O–H groups in total. The lowest BCUT2D eigenvalue weighted by atomic mass is 10.2. The Labute approximate surface area is 120 Å². The quantitative estimate of drug-likeness (QED) is 0.694. The molecule has 2 rings (SSSR count). The summed E-state index contributed by atoms with van der Waals surface area (Å²) in [5, 5.41) is 9.97. The molecule has 1 aromatic heterocycles. The molecular formula is C13H11ClN4S. The number of hydrogen-bond donors (Lipinski definition) is 1. The lowest BCUT2D eigenvalue weighted by Crippen LogP contribution is -1.96. The molecular weight excluding hydrogens is 280 g/mol. The molecule has 0 radical (unpaired) electrons. The first-order chi connectivity index (χ1) is 9.08. The fourth-order valence-electron chi connectivity index (χ4n) is 1.51. The number of hydrogen-bond acceptors (Lipinski definition) is 5. The lowest BCUT2D eigenvalue weighted by molar-refractivity contribution is 0.940. The van der Waals surface area contributed by atoms with Gasteiger partial charge < -0.3 is 5.73 Å². The van der Waals surface area contributed by atoms with E-state index in [1.54, 1.807) is 18.2 Å². The molecule has 0 saturated carbocycles. The molecule has 19 heavy (non-hydrogen) atoms. The van der Waals surface area contributed by atoms with Crippen LogP contribution in [0.4, 0.5) is 5.82 Å². The summed E-state index contributed by atoms with van der Waals surface area (Å²) in [7, 11) is 0. The van der Waals surface area contributed by atoms with Gasteiger partial charge in [0.05, 0.1) is 11.6 Å². The molecule has 1 aromatic carbocycles. The molecule has 96 valence electrons. The number of nitrogens with two attached hydrogens (primary N) is 1. The normalized spacial score (nSPS) is 10.2. The molecule has 0 aliphatic carbocycles. The Hall–Kier alpha value is -1.77. The Kier molecular flexibility index (Phi) is 4.25. The first kappa shape index (κ1) is 13.7. The van der Waals surface area contributed by atoms with Gasteiger partial charge in [0.1, 0.15) is 5.82 Å². The zero-order chi connectivity index (χ0) is 13.8. The van der Waals surface area contributed by atoms with Gasteiger partial charge in [-0.25, -0.2) is 9.97 Å². The van der Waals surface area contributed by atoms with Gasteiger partial charge in [-0.05, 0) is 24.6 Å². The third kappa shape index (κ3) is 3.60. The van der Waals surface area contributed by atoms with E-state index in [0.29, 0.717) is 27.3 Å². The van der Waals surface area contributed by atoms with Gasteiger partial charge in [-0.2, -0.15) is 5.26 Å². The maximum atomic E-state index is 8.77. The van der Waals surface area contributed by atoms with Crippen LogP contribution in [0.5, 0.6) is 0 Å². The second-order valence-electron chi connectivity index (χ2n) is 3.92. The standard InChI is InChI=1S/C13H11ClN4S/c1-8-4-12(16)18-13(17-8)19-7-10-3-2-9(6-15)5-11(10)14/h2-5H,7H2,1H3,(H2,16,17,18). The maximum absolute atomic E-state index is 8.77. The highest BCUT2D eigenvalue weighted by molar-refractivity contribution is 7.98. The second-order valence-corrected chi connectivity index (χ2v) is 5.27.